The fourth-order valence-electron chi connectivity index (χ4n) is 1.89. The Hall–Kier alpha value is -2.21. The third kappa shape index (κ3) is 2.34. The molecule has 0 unspecified atom stereocenters. The zero-order valence-electron chi connectivity index (χ0n) is 11.0. The Morgan fingerprint density at radius 3 is 2.79 bits per heavy atom. The van der Waals surface area contributed by atoms with Crippen molar-refractivity contribution in [2.75, 3.05) is 7.11 Å². The molecule has 2 rings (SSSR count). The first-order valence-electron chi connectivity index (χ1n) is 5.79. The summed E-state index contributed by atoms with van der Waals surface area (Å²) in [7, 11) is 1.51. The lowest BCUT2D eigenvalue weighted by Gasteiger charge is -2.10. The molecular weight excluding hydrogens is 246 g/mol. The third-order valence-corrected chi connectivity index (χ3v) is 3.05. The lowest BCUT2D eigenvalue weighted by atomic mass is 10.1. The van der Waals surface area contributed by atoms with Crippen LogP contribution in [0.25, 0.3) is 5.69 Å². The van der Waals surface area contributed by atoms with Crippen molar-refractivity contribution >= 4 is 5.97 Å². The van der Waals surface area contributed by atoms with Crippen LogP contribution in [0.3, 0.4) is 0 Å². The highest BCUT2D eigenvalue weighted by atomic mass is 16.5. The summed E-state index contributed by atoms with van der Waals surface area (Å²) in [6.45, 7) is 4.09. The first-order valence-corrected chi connectivity index (χ1v) is 5.79. The van der Waals surface area contributed by atoms with Crippen molar-refractivity contribution in [1.29, 1.82) is 0 Å². The highest BCUT2D eigenvalue weighted by Gasteiger charge is 2.20. The Morgan fingerprint density at radius 1 is 1.42 bits per heavy atom. The van der Waals surface area contributed by atoms with Crippen LogP contribution in [0.1, 0.15) is 27.3 Å². The number of aromatic nitrogens is 3. The van der Waals surface area contributed by atoms with Crippen molar-refractivity contribution in [3.63, 3.8) is 0 Å². The van der Waals surface area contributed by atoms with Crippen LogP contribution >= 0.6 is 0 Å². The van der Waals surface area contributed by atoms with Gasteiger partial charge in [0.15, 0.2) is 5.69 Å². The van der Waals surface area contributed by atoms with Crippen LogP contribution in [0, 0.1) is 13.8 Å². The summed E-state index contributed by atoms with van der Waals surface area (Å²) in [4.78, 5) is 11.1. The van der Waals surface area contributed by atoms with Gasteiger partial charge in [0.1, 0.15) is 5.69 Å². The van der Waals surface area contributed by atoms with Crippen molar-refractivity contribution in [2.45, 2.75) is 20.5 Å². The number of hydrogen-bond donors (Lipinski definition) is 1. The summed E-state index contributed by atoms with van der Waals surface area (Å²) in [6.07, 6.45) is 0. The number of hydrogen-bond acceptors (Lipinski definition) is 4. The van der Waals surface area contributed by atoms with Crippen LogP contribution < -0.4 is 0 Å². The molecule has 0 fully saturated rings. The molecule has 0 spiro atoms. The Morgan fingerprint density at radius 2 is 2.16 bits per heavy atom. The molecule has 0 aliphatic carbocycles. The van der Waals surface area contributed by atoms with E-state index < -0.39 is 5.97 Å². The zero-order valence-corrected chi connectivity index (χ0v) is 11.0. The molecule has 0 aliphatic rings. The average molecular weight is 261 g/mol. The van der Waals surface area contributed by atoms with Gasteiger partial charge >= 0.3 is 5.97 Å². The van der Waals surface area contributed by atoms with E-state index in [-0.39, 0.29) is 12.3 Å². The van der Waals surface area contributed by atoms with Gasteiger partial charge in [0.05, 0.1) is 12.3 Å². The number of nitrogens with zero attached hydrogens (tertiary/aromatic N) is 3. The van der Waals surface area contributed by atoms with E-state index in [9.17, 15) is 4.79 Å². The molecule has 1 aromatic carbocycles. The second kappa shape index (κ2) is 5.19. The van der Waals surface area contributed by atoms with Gasteiger partial charge in [-0.05, 0) is 31.0 Å². The van der Waals surface area contributed by atoms with Gasteiger partial charge in [-0.2, -0.15) is 0 Å². The first kappa shape index (κ1) is 13.2. The molecule has 0 bridgehead atoms. The van der Waals surface area contributed by atoms with Gasteiger partial charge in [-0.3, -0.25) is 0 Å². The first-order chi connectivity index (χ1) is 9.06. The predicted octanol–water partition coefficient (Wildman–Crippen LogP) is 1.73. The van der Waals surface area contributed by atoms with Gasteiger partial charge in [-0.25, -0.2) is 9.48 Å². The standard InChI is InChI=1S/C13H15N3O3/c1-8-5-4-6-10(9(8)2)16-11(7-19-3)12(13(17)18)14-15-16/h4-6H,7H2,1-3H3,(H,17,18). The van der Waals surface area contributed by atoms with E-state index in [1.54, 1.807) is 0 Å². The van der Waals surface area contributed by atoms with Gasteiger partial charge in [0.2, 0.25) is 0 Å². The number of carboxylic acid groups (broad SMARTS) is 1. The molecule has 6 nitrogen and oxygen atoms in total. The maximum atomic E-state index is 11.1. The minimum Gasteiger partial charge on any atom is -0.476 e. The summed E-state index contributed by atoms with van der Waals surface area (Å²) in [5.74, 6) is -1.11. The summed E-state index contributed by atoms with van der Waals surface area (Å²) in [5, 5.41) is 16.8. The fraction of sp³-hybridized carbons (Fsp3) is 0.308. The van der Waals surface area contributed by atoms with E-state index in [0.717, 1.165) is 16.8 Å². The Balaban J connectivity index is 2.62. The Kier molecular flexibility index (Phi) is 3.62. The van der Waals surface area contributed by atoms with E-state index in [2.05, 4.69) is 10.3 Å². The lowest BCUT2D eigenvalue weighted by molar-refractivity contribution is 0.0685. The average Bonchev–Trinajstić information content (AvgIpc) is 2.77. The van der Waals surface area contributed by atoms with Crippen molar-refractivity contribution in [3.8, 4) is 5.69 Å². The Labute approximate surface area is 110 Å². The molecule has 100 valence electrons. The number of rotatable bonds is 4. The molecule has 19 heavy (non-hydrogen) atoms. The number of carboxylic acids is 1. The molecule has 1 heterocycles. The number of aryl methyl sites for hydroxylation is 1. The lowest BCUT2D eigenvalue weighted by Crippen LogP contribution is -2.09. The minimum absolute atomic E-state index is 0.0808. The Bertz CT molecular complexity index is 620. The molecule has 0 atom stereocenters. The van der Waals surface area contributed by atoms with Crippen LogP contribution in [-0.2, 0) is 11.3 Å². The summed E-state index contributed by atoms with van der Waals surface area (Å²) in [5.41, 5.74) is 3.30. The van der Waals surface area contributed by atoms with E-state index in [1.807, 2.05) is 32.0 Å². The molecule has 2 aromatic rings. The molecule has 1 N–H and O–H groups in total. The molecule has 0 amide bonds. The van der Waals surface area contributed by atoms with E-state index in [4.69, 9.17) is 9.84 Å². The van der Waals surface area contributed by atoms with Crippen LogP contribution in [0.4, 0.5) is 0 Å². The van der Waals surface area contributed by atoms with Gasteiger partial charge in [-0.15, -0.1) is 5.10 Å². The molecule has 1 aromatic heterocycles. The maximum Gasteiger partial charge on any atom is 0.358 e. The maximum absolute atomic E-state index is 11.1. The smallest absolute Gasteiger partial charge is 0.358 e. The highest BCUT2D eigenvalue weighted by molar-refractivity contribution is 5.86. The molecule has 0 radical (unpaired) electrons. The largest absolute Gasteiger partial charge is 0.476 e. The molecule has 0 saturated heterocycles. The normalized spacial score (nSPS) is 10.7. The monoisotopic (exact) mass is 261 g/mol. The zero-order chi connectivity index (χ0) is 14.0. The molecule has 0 saturated carbocycles. The summed E-state index contributed by atoms with van der Waals surface area (Å²) >= 11 is 0. The highest BCUT2D eigenvalue weighted by Crippen LogP contribution is 2.20. The van der Waals surface area contributed by atoms with Crippen LogP contribution in [0.15, 0.2) is 18.2 Å². The van der Waals surface area contributed by atoms with Crippen LogP contribution in [-0.4, -0.2) is 33.2 Å². The molecule has 6 heteroatoms. The van der Waals surface area contributed by atoms with Crippen molar-refractivity contribution in [1.82, 2.24) is 15.0 Å². The number of aromatic carboxylic acids is 1. The predicted molar refractivity (Wildman–Crippen MR) is 68.5 cm³/mol. The van der Waals surface area contributed by atoms with Crippen LogP contribution in [0.2, 0.25) is 0 Å². The van der Waals surface area contributed by atoms with E-state index in [1.165, 1.54) is 11.8 Å². The third-order valence-electron chi connectivity index (χ3n) is 3.05. The minimum atomic E-state index is -1.11. The van der Waals surface area contributed by atoms with Gasteiger partial charge in [0, 0.05) is 7.11 Å². The summed E-state index contributed by atoms with van der Waals surface area (Å²) in [6, 6.07) is 5.77. The number of methoxy groups -OCH3 is 1. The van der Waals surface area contributed by atoms with Gasteiger partial charge in [0.25, 0.3) is 0 Å². The second-order valence-electron chi connectivity index (χ2n) is 4.25. The van der Waals surface area contributed by atoms with Crippen molar-refractivity contribution in [2.24, 2.45) is 0 Å². The number of ether oxygens (including phenoxy) is 1. The van der Waals surface area contributed by atoms with Gasteiger partial charge in [-0.1, -0.05) is 17.3 Å². The fourth-order valence-corrected chi connectivity index (χ4v) is 1.89. The molecule has 0 aliphatic heterocycles. The number of benzene rings is 1. The topological polar surface area (TPSA) is 77.2 Å². The van der Waals surface area contributed by atoms with Crippen LogP contribution in [0.5, 0.6) is 0 Å². The quantitative estimate of drug-likeness (QED) is 0.906. The number of carbonyl (C=O) groups is 1. The van der Waals surface area contributed by atoms with Crippen molar-refractivity contribution < 1.29 is 14.6 Å². The van der Waals surface area contributed by atoms with Gasteiger partial charge < -0.3 is 9.84 Å². The van der Waals surface area contributed by atoms with E-state index >= 15 is 0 Å². The van der Waals surface area contributed by atoms with E-state index in [0.29, 0.717) is 5.69 Å². The van der Waals surface area contributed by atoms with Crippen molar-refractivity contribution in [3.05, 3.63) is 40.7 Å². The SMILES string of the molecule is COCc1c(C(=O)O)nnn1-c1cccc(C)c1C. The molecular formula is C13H15N3O3. The second-order valence-corrected chi connectivity index (χ2v) is 4.25. The summed E-state index contributed by atoms with van der Waals surface area (Å²) < 4.78 is 6.57.